The summed E-state index contributed by atoms with van der Waals surface area (Å²) in [6, 6.07) is 9.51. The van der Waals surface area contributed by atoms with Gasteiger partial charge in [-0.3, -0.25) is 9.59 Å². The van der Waals surface area contributed by atoms with Gasteiger partial charge in [-0.1, -0.05) is 58.7 Å². The second kappa shape index (κ2) is 11.8. The van der Waals surface area contributed by atoms with Gasteiger partial charge in [-0.2, -0.15) is 0 Å². The van der Waals surface area contributed by atoms with Crippen LogP contribution in [0.25, 0.3) is 0 Å². The number of carbonyl (C=O) groups excluding carboxylic acids is 2. The zero-order valence-corrected chi connectivity index (χ0v) is 21.5. The summed E-state index contributed by atoms with van der Waals surface area (Å²) in [7, 11) is 0. The van der Waals surface area contributed by atoms with Gasteiger partial charge in [-0.15, -0.1) is 16.8 Å². The molecule has 3 aromatic rings. The molecule has 1 aromatic heterocycles. The van der Waals surface area contributed by atoms with Crippen molar-refractivity contribution in [3.05, 3.63) is 81.1 Å². The zero-order chi connectivity index (χ0) is 24.8. The van der Waals surface area contributed by atoms with E-state index in [2.05, 4.69) is 27.4 Å². The number of rotatable bonds is 9. The fraction of sp³-hybridized carbons (Fsp3) is 0.217. The van der Waals surface area contributed by atoms with Gasteiger partial charge in [0.1, 0.15) is 0 Å². The summed E-state index contributed by atoms with van der Waals surface area (Å²) >= 11 is 19.4. The number of carbonyl (C=O) groups is 2. The third-order valence-corrected chi connectivity index (χ3v) is 6.77. The smallest absolute Gasteiger partial charge is 0.253 e. The standard InChI is InChI=1S/C23H22Cl3N5O2S/c1-4-10-31-21(14(3)27-22(33)16-9-8-15(24)11-18(16)26)29-30-23(31)34-12-20(32)28-19-7-5-6-17(25)13(19)2/h4-9,11,14H,1,10,12H2,2-3H3,(H,27,33)(H,28,32)/t14-/m1/s1. The third-order valence-electron chi connectivity index (χ3n) is 4.84. The Morgan fingerprint density at radius 3 is 2.65 bits per heavy atom. The lowest BCUT2D eigenvalue weighted by atomic mass is 10.2. The first-order chi connectivity index (χ1) is 16.2. The number of allylic oxidation sites excluding steroid dienone is 1. The first-order valence-corrected chi connectivity index (χ1v) is 12.3. The molecule has 3 rings (SSSR count). The molecular weight excluding hydrogens is 517 g/mol. The maximum absolute atomic E-state index is 12.7. The third kappa shape index (κ3) is 6.33. The van der Waals surface area contributed by atoms with Gasteiger partial charge in [0.05, 0.1) is 22.4 Å². The minimum absolute atomic E-state index is 0.113. The number of anilines is 1. The molecule has 0 aliphatic heterocycles. The molecule has 0 aliphatic carbocycles. The molecule has 2 aromatic carbocycles. The van der Waals surface area contributed by atoms with Crippen molar-refractivity contribution in [2.75, 3.05) is 11.1 Å². The molecule has 2 N–H and O–H groups in total. The van der Waals surface area contributed by atoms with E-state index in [9.17, 15) is 9.59 Å². The summed E-state index contributed by atoms with van der Waals surface area (Å²) in [6.07, 6.45) is 1.69. The topological polar surface area (TPSA) is 88.9 Å². The molecule has 0 spiro atoms. The molecule has 0 saturated carbocycles. The largest absolute Gasteiger partial charge is 0.342 e. The predicted molar refractivity (Wildman–Crippen MR) is 138 cm³/mol. The van der Waals surface area contributed by atoms with Crippen LogP contribution in [-0.4, -0.2) is 32.3 Å². The van der Waals surface area contributed by atoms with Crippen LogP contribution >= 0.6 is 46.6 Å². The molecule has 2 amide bonds. The van der Waals surface area contributed by atoms with E-state index in [4.69, 9.17) is 34.8 Å². The van der Waals surface area contributed by atoms with Crippen LogP contribution < -0.4 is 10.6 Å². The van der Waals surface area contributed by atoms with Crippen molar-refractivity contribution in [1.82, 2.24) is 20.1 Å². The number of amides is 2. The van der Waals surface area contributed by atoms with Crippen molar-refractivity contribution >= 4 is 64.1 Å². The van der Waals surface area contributed by atoms with Gasteiger partial charge >= 0.3 is 0 Å². The first-order valence-electron chi connectivity index (χ1n) is 10.2. The second-order valence-corrected chi connectivity index (χ2v) is 9.50. The van der Waals surface area contributed by atoms with Crippen molar-refractivity contribution in [1.29, 1.82) is 0 Å². The summed E-state index contributed by atoms with van der Waals surface area (Å²) in [5.41, 5.74) is 1.75. The molecule has 7 nitrogen and oxygen atoms in total. The molecule has 0 fully saturated rings. The SMILES string of the molecule is C=CCn1c(SCC(=O)Nc2cccc(Cl)c2C)nnc1[C@@H](C)NC(=O)c1ccc(Cl)cc1Cl. The van der Waals surface area contributed by atoms with E-state index in [1.54, 1.807) is 47.9 Å². The van der Waals surface area contributed by atoms with Crippen LogP contribution in [0.5, 0.6) is 0 Å². The normalized spacial score (nSPS) is 11.7. The average Bonchev–Trinajstić information content (AvgIpc) is 3.18. The maximum Gasteiger partial charge on any atom is 0.253 e. The van der Waals surface area contributed by atoms with Crippen LogP contribution in [0, 0.1) is 6.92 Å². The number of aromatic nitrogens is 3. The zero-order valence-electron chi connectivity index (χ0n) is 18.4. The van der Waals surface area contributed by atoms with Gasteiger partial charge in [0.2, 0.25) is 5.91 Å². The monoisotopic (exact) mass is 537 g/mol. The number of hydrogen-bond donors (Lipinski definition) is 2. The van der Waals surface area contributed by atoms with Crippen LogP contribution in [0.2, 0.25) is 15.1 Å². The van der Waals surface area contributed by atoms with Crippen molar-refractivity contribution in [2.45, 2.75) is 31.6 Å². The number of halogens is 3. The van der Waals surface area contributed by atoms with E-state index in [1.165, 1.54) is 17.8 Å². The molecular formula is C23H22Cl3N5O2S. The van der Waals surface area contributed by atoms with Crippen LogP contribution in [0.4, 0.5) is 5.69 Å². The molecule has 0 aliphatic rings. The van der Waals surface area contributed by atoms with Gasteiger partial charge in [-0.05, 0) is 49.7 Å². The Hall–Kier alpha value is -2.52. The summed E-state index contributed by atoms with van der Waals surface area (Å²) in [5.74, 6) is 0.0612. The van der Waals surface area contributed by atoms with Crippen LogP contribution in [0.1, 0.15) is 34.7 Å². The van der Waals surface area contributed by atoms with E-state index < -0.39 is 6.04 Å². The van der Waals surface area contributed by atoms with E-state index in [0.717, 1.165) is 5.56 Å². The Kier molecular flexibility index (Phi) is 9.02. The van der Waals surface area contributed by atoms with Gasteiger partial charge in [-0.25, -0.2) is 0 Å². The molecule has 0 bridgehead atoms. The Morgan fingerprint density at radius 2 is 1.94 bits per heavy atom. The van der Waals surface area contributed by atoms with E-state index >= 15 is 0 Å². The Bertz CT molecular complexity index is 1230. The van der Waals surface area contributed by atoms with E-state index in [1.807, 2.05) is 6.92 Å². The summed E-state index contributed by atoms with van der Waals surface area (Å²) in [6.45, 7) is 7.81. The molecule has 0 saturated heterocycles. The lowest BCUT2D eigenvalue weighted by Crippen LogP contribution is -2.29. The minimum Gasteiger partial charge on any atom is -0.342 e. The fourth-order valence-corrected chi connectivity index (χ4v) is 4.52. The van der Waals surface area contributed by atoms with Gasteiger partial charge < -0.3 is 15.2 Å². The predicted octanol–water partition coefficient (Wildman–Crippen LogP) is 5.95. The Labute approximate surface area is 216 Å². The number of nitrogens with zero attached hydrogens (tertiary/aromatic N) is 3. The van der Waals surface area contributed by atoms with E-state index in [-0.39, 0.29) is 22.6 Å². The van der Waals surface area contributed by atoms with Crippen molar-refractivity contribution < 1.29 is 9.59 Å². The molecule has 178 valence electrons. The highest BCUT2D eigenvalue weighted by molar-refractivity contribution is 7.99. The number of hydrogen-bond acceptors (Lipinski definition) is 5. The highest BCUT2D eigenvalue weighted by Gasteiger charge is 2.21. The number of benzene rings is 2. The molecule has 34 heavy (non-hydrogen) atoms. The van der Waals surface area contributed by atoms with Crippen LogP contribution in [0.3, 0.4) is 0 Å². The summed E-state index contributed by atoms with van der Waals surface area (Å²) < 4.78 is 1.80. The molecule has 1 atom stereocenters. The molecule has 1 heterocycles. The second-order valence-electron chi connectivity index (χ2n) is 7.31. The van der Waals surface area contributed by atoms with Gasteiger partial charge in [0.25, 0.3) is 5.91 Å². The van der Waals surface area contributed by atoms with Crippen LogP contribution in [-0.2, 0) is 11.3 Å². The van der Waals surface area contributed by atoms with Crippen molar-refractivity contribution in [2.24, 2.45) is 0 Å². The highest BCUT2D eigenvalue weighted by Crippen LogP contribution is 2.25. The maximum atomic E-state index is 12.7. The molecule has 11 heteroatoms. The van der Waals surface area contributed by atoms with Crippen LogP contribution in [0.15, 0.2) is 54.2 Å². The minimum atomic E-state index is -0.482. The lowest BCUT2D eigenvalue weighted by Gasteiger charge is -2.16. The average molecular weight is 539 g/mol. The quantitative estimate of drug-likeness (QED) is 0.259. The van der Waals surface area contributed by atoms with Crippen molar-refractivity contribution in [3.8, 4) is 0 Å². The first kappa shape index (κ1) is 26.1. The Balaban J connectivity index is 1.69. The van der Waals surface area contributed by atoms with Gasteiger partial charge in [0, 0.05) is 22.3 Å². The summed E-state index contributed by atoms with van der Waals surface area (Å²) in [4.78, 5) is 25.2. The molecule has 0 radical (unpaired) electrons. The van der Waals surface area contributed by atoms with Gasteiger partial charge in [0.15, 0.2) is 11.0 Å². The summed E-state index contributed by atoms with van der Waals surface area (Å²) in [5, 5.41) is 16.0. The number of thioether (sulfide) groups is 1. The lowest BCUT2D eigenvalue weighted by molar-refractivity contribution is -0.113. The van der Waals surface area contributed by atoms with Crippen molar-refractivity contribution in [3.63, 3.8) is 0 Å². The molecule has 0 unspecified atom stereocenters. The number of nitrogens with one attached hydrogen (secondary N) is 2. The van der Waals surface area contributed by atoms with E-state index in [0.29, 0.717) is 38.8 Å². The Morgan fingerprint density at radius 1 is 1.18 bits per heavy atom. The fourth-order valence-electron chi connectivity index (χ4n) is 3.10. The highest BCUT2D eigenvalue weighted by atomic mass is 35.5.